The van der Waals surface area contributed by atoms with E-state index in [1.165, 1.54) is 0 Å². The number of nitrogens with one attached hydrogen (secondary N) is 1. The molecule has 1 aliphatic carbocycles. The minimum atomic E-state index is -0.664. The molecule has 2 aromatic rings. The molecular weight excluding hydrogens is 334 g/mol. The number of alkyl carbamates (subject to hydrolysis) is 1. The van der Waals surface area contributed by atoms with Gasteiger partial charge in [-0.05, 0) is 61.1 Å². The molecular formula is C18H25N5O3. The molecule has 0 radical (unpaired) electrons. The Kier molecular flexibility index (Phi) is 5.39. The fourth-order valence-electron chi connectivity index (χ4n) is 3.47. The first kappa shape index (κ1) is 18.2. The second-order valence-electron chi connectivity index (χ2n) is 6.70. The third-order valence-electron chi connectivity index (χ3n) is 4.96. The first-order valence-electron chi connectivity index (χ1n) is 8.97. The topological polar surface area (TPSA) is 91.2 Å². The van der Waals surface area contributed by atoms with Crippen molar-refractivity contribution < 1.29 is 14.3 Å². The summed E-state index contributed by atoms with van der Waals surface area (Å²) in [4.78, 5) is 12.2. The van der Waals surface area contributed by atoms with Crippen molar-refractivity contribution in [3.63, 3.8) is 0 Å². The summed E-state index contributed by atoms with van der Waals surface area (Å²) in [5, 5.41) is 15.4. The molecule has 0 aliphatic heterocycles. The number of aromatic nitrogens is 4. The van der Waals surface area contributed by atoms with Crippen LogP contribution in [0.5, 0.6) is 5.75 Å². The molecule has 3 rings (SSSR count). The van der Waals surface area contributed by atoms with E-state index in [1.807, 2.05) is 24.3 Å². The Morgan fingerprint density at radius 3 is 2.77 bits per heavy atom. The number of benzene rings is 1. The summed E-state index contributed by atoms with van der Waals surface area (Å²) < 4.78 is 12.2. The lowest BCUT2D eigenvalue weighted by Gasteiger charge is -2.38. The molecule has 1 heterocycles. The lowest BCUT2D eigenvalue weighted by Crippen LogP contribution is -2.50. The van der Waals surface area contributed by atoms with E-state index in [2.05, 4.69) is 27.8 Å². The molecule has 8 nitrogen and oxygen atoms in total. The van der Waals surface area contributed by atoms with Crippen LogP contribution < -0.4 is 10.1 Å². The van der Waals surface area contributed by atoms with Gasteiger partial charge in [0.2, 0.25) is 0 Å². The van der Waals surface area contributed by atoms with E-state index in [4.69, 9.17) is 9.47 Å². The van der Waals surface area contributed by atoms with Crippen LogP contribution in [0.3, 0.4) is 0 Å². The molecule has 0 unspecified atom stereocenters. The van der Waals surface area contributed by atoms with Gasteiger partial charge in [0.25, 0.3) is 0 Å². The van der Waals surface area contributed by atoms with Crippen molar-refractivity contribution in [1.82, 2.24) is 25.5 Å². The fraction of sp³-hybridized carbons (Fsp3) is 0.556. The highest BCUT2D eigenvalue weighted by molar-refractivity contribution is 5.68. The van der Waals surface area contributed by atoms with Crippen LogP contribution in [-0.2, 0) is 10.3 Å². The molecule has 26 heavy (non-hydrogen) atoms. The number of para-hydroxylation sites is 2. The molecule has 140 valence electrons. The Labute approximate surface area is 152 Å². The van der Waals surface area contributed by atoms with Crippen LogP contribution in [0, 0.1) is 5.92 Å². The first-order valence-corrected chi connectivity index (χ1v) is 8.97. The quantitative estimate of drug-likeness (QED) is 0.883. The second kappa shape index (κ2) is 7.72. The highest BCUT2D eigenvalue weighted by Crippen LogP contribution is 2.39. The van der Waals surface area contributed by atoms with E-state index < -0.39 is 11.6 Å². The summed E-state index contributed by atoms with van der Waals surface area (Å²) in [6.45, 7) is 4.32. The standard InChI is InChI=1S/C18H25N5O3/c1-4-26-17(24)19-18(11-9-13(2)10-12-18)16-20-21-22-23(16)14-7-5-6-8-15(14)25-3/h5-8,13H,4,9-12H2,1-3H3,(H,19,24). The van der Waals surface area contributed by atoms with Gasteiger partial charge in [0.1, 0.15) is 17.0 Å². The average Bonchev–Trinajstić information content (AvgIpc) is 3.14. The molecule has 0 saturated heterocycles. The Bertz CT molecular complexity index is 753. The number of tetrazole rings is 1. The maximum Gasteiger partial charge on any atom is 0.407 e. The maximum absolute atomic E-state index is 12.2. The van der Waals surface area contributed by atoms with Crippen LogP contribution in [0.25, 0.3) is 5.69 Å². The smallest absolute Gasteiger partial charge is 0.407 e. The van der Waals surface area contributed by atoms with Crippen molar-refractivity contribution in [3.05, 3.63) is 30.1 Å². The monoisotopic (exact) mass is 359 g/mol. The number of hydrogen-bond acceptors (Lipinski definition) is 6. The van der Waals surface area contributed by atoms with E-state index in [1.54, 1.807) is 18.7 Å². The van der Waals surface area contributed by atoms with Gasteiger partial charge in [-0.2, -0.15) is 4.68 Å². The molecule has 1 aromatic carbocycles. The molecule has 1 saturated carbocycles. The second-order valence-corrected chi connectivity index (χ2v) is 6.70. The van der Waals surface area contributed by atoms with Gasteiger partial charge in [-0.3, -0.25) is 0 Å². The molecule has 1 aromatic heterocycles. The van der Waals surface area contributed by atoms with E-state index in [-0.39, 0.29) is 0 Å². The van der Waals surface area contributed by atoms with Gasteiger partial charge < -0.3 is 14.8 Å². The minimum Gasteiger partial charge on any atom is -0.494 e. The molecule has 0 spiro atoms. The van der Waals surface area contributed by atoms with Crippen LogP contribution in [-0.4, -0.2) is 40.0 Å². The highest BCUT2D eigenvalue weighted by Gasteiger charge is 2.42. The van der Waals surface area contributed by atoms with Gasteiger partial charge >= 0.3 is 6.09 Å². The number of rotatable bonds is 5. The van der Waals surface area contributed by atoms with Gasteiger partial charge in [0, 0.05) is 0 Å². The highest BCUT2D eigenvalue weighted by atomic mass is 16.5. The lowest BCUT2D eigenvalue weighted by atomic mass is 9.76. The van der Waals surface area contributed by atoms with E-state index >= 15 is 0 Å². The fourth-order valence-corrected chi connectivity index (χ4v) is 3.47. The van der Waals surface area contributed by atoms with Crippen molar-refractivity contribution >= 4 is 6.09 Å². The van der Waals surface area contributed by atoms with Crippen LogP contribution in [0.2, 0.25) is 0 Å². The summed E-state index contributed by atoms with van der Waals surface area (Å²) in [5.41, 5.74) is 0.0713. The average molecular weight is 359 g/mol. The summed E-state index contributed by atoms with van der Waals surface area (Å²) in [5.74, 6) is 1.86. The largest absolute Gasteiger partial charge is 0.494 e. The number of amides is 1. The molecule has 8 heteroatoms. The lowest BCUT2D eigenvalue weighted by molar-refractivity contribution is 0.117. The predicted octanol–water partition coefficient (Wildman–Crippen LogP) is 2.82. The summed E-state index contributed by atoms with van der Waals surface area (Å²) in [6, 6.07) is 7.54. The van der Waals surface area contributed by atoms with Crippen LogP contribution in [0.15, 0.2) is 24.3 Å². The molecule has 1 fully saturated rings. The predicted molar refractivity (Wildman–Crippen MR) is 95.2 cm³/mol. The van der Waals surface area contributed by atoms with Crippen molar-refractivity contribution in [2.75, 3.05) is 13.7 Å². The van der Waals surface area contributed by atoms with Gasteiger partial charge in [0.15, 0.2) is 5.82 Å². The number of hydrogen-bond donors (Lipinski definition) is 1. The summed E-state index contributed by atoms with van der Waals surface area (Å²) in [6.07, 6.45) is 3.01. The van der Waals surface area contributed by atoms with Crippen molar-refractivity contribution in [3.8, 4) is 11.4 Å². The summed E-state index contributed by atoms with van der Waals surface area (Å²) >= 11 is 0. The Morgan fingerprint density at radius 1 is 1.35 bits per heavy atom. The Hall–Kier alpha value is -2.64. The van der Waals surface area contributed by atoms with Gasteiger partial charge in [-0.25, -0.2) is 4.79 Å². The van der Waals surface area contributed by atoms with Gasteiger partial charge in [-0.15, -0.1) is 5.10 Å². The Morgan fingerprint density at radius 2 is 2.08 bits per heavy atom. The SMILES string of the molecule is CCOC(=O)NC1(c2nnnn2-c2ccccc2OC)CCC(C)CC1. The summed E-state index contributed by atoms with van der Waals surface area (Å²) in [7, 11) is 1.61. The molecule has 0 atom stereocenters. The molecule has 1 N–H and O–H groups in total. The number of methoxy groups -OCH3 is 1. The number of ether oxygens (including phenoxy) is 2. The third kappa shape index (κ3) is 3.49. The normalized spacial score (nSPS) is 22.7. The molecule has 1 amide bonds. The molecule has 1 aliphatic rings. The van der Waals surface area contributed by atoms with Crippen molar-refractivity contribution in [2.24, 2.45) is 5.92 Å². The van der Waals surface area contributed by atoms with Crippen molar-refractivity contribution in [2.45, 2.75) is 45.1 Å². The maximum atomic E-state index is 12.2. The van der Waals surface area contributed by atoms with E-state index in [9.17, 15) is 4.79 Å². The van der Waals surface area contributed by atoms with Gasteiger partial charge in [-0.1, -0.05) is 19.1 Å². The van der Waals surface area contributed by atoms with Gasteiger partial charge in [0.05, 0.1) is 13.7 Å². The minimum absolute atomic E-state index is 0.315. The Balaban J connectivity index is 2.03. The van der Waals surface area contributed by atoms with E-state index in [0.717, 1.165) is 31.4 Å². The number of nitrogens with zero attached hydrogens (tertiary/aromatic N) is 4. The first-order chi connectivity index (χ1) is 12.6. The van der Waals surface area contributed by atoms with E-state index in [0.29, 0.717) is 24.1 Å². The van der Waals surface area contributed by atoms with Crippen LogP contribution in [0.4, 0.5) is 4.79 Å². The number of carbonyl (C=O) groups is 1. The zero-order chi connectivity index (χ0) is 18.6. The zero-order valence-corrected chi connectivity index (χ0v) is 15.4. The zero-order valence-electron chi connectivity index (χ0n) is 15.4. The van der Waals surface area contributed by atoms with Crippen molar-refractivity contribution in [1.29, 1.82) is 0 Å². The van der Waals surface area contributed by atoms with Crippen LogP contribution in [0.1, 0.15) is 45.4 Å². The number of carbonyl (C=O) groups excluding carboxylic acids is 1. The van der Waals surface area contributed by atoms with Crippen LogP contribution >= 0.6 is 0 Å². The molecule has 0 bridgehead atoms. The third-order valence-corrected chi connectivity index (χ3v) is 4.96.